The molecular formula is C23H31N5O2. The van der Waals surface area contributed by atoms with E-state index < -0.39 is 6.04 Å². The first-order valence-corrected chi connectivity index (χ1v) is 11.1. The summed E-state index contributed by atoms with van der Waals surface area (Å²) in [4.78, 5) is 28.6. The van der Waals surface area contributed by atoms with E-state index in [-0.39, 0.29) is 11.5 Å². The number of hydrogen-bond donors (Lipinski definition) is 1. The zero-order valence-corrected chi connectivity index (χ0v) is 17.9. The first-order chi connectivity index (χ1) is 14.6. The van der Waals surface area contributed by atoms with Crippen molar-refractivity contribution in [3.8, 4) is 0 Å². The third kappa shape index (κ3) is 3.86. The lowest BCUT2D eigenvalue weighted by Crippen LogP contribution is -2.39. The van der Waals surface area contributed by atoms with Crippen molar-refractivity contribution in [2.24, 2.45) is 7.05 Å². The van der Waals surface area contributed by atoms with Gasteiger partial charge in [0.2, 0.25) is 5.91 Å². The highest BCUT2D eigenvalue weighted by atomic mass is 16.2. The van der Waals surface area contributed by atoms with E-state index in [1.54, 1.807) is 13.2 Å². The molecule has 0 saturated carbocycles. The summed E-state index contributed by atoms with van der Waals surface area (Å²) in [6.07, 6.45) is 7.42. The molecule has 1 aliphatic heterocycles. The molecule has 1 atom stereocenters. The normalized spacial score (nSPS) is 16.6. The average Bonchev–Trinajstić information content (AvgIpc) is 2.89. The molecule has 0 radical (unpaired) electrons. The number of likely N-dealkylation sites (tertiary alicyclic amines) is 1. The Kier molecular flexibility index (Phi) is 6.18. The number of para-hydroxylation sites is 1. The molecule has 0 spiro atoms. The van der Waals surface area contributed by atoms with Crippen molar-refractivity contribution < 1.29 is 4.79 Å². The van der Waals surface area contributed by atoms with Gasteiger partial charge in [0.05, 0.1) is 11.7 Å². The van der Waals surface area contributed by atoms with Crippen molar-refractivity contribution in [3.63, 3.8) is 0 Å². The van der Waals surface area contributed by atoms with Crippen LogP contribution in [0.2, 0.25) is 0 Å². The second kappa shape index (κ2) is 9.00. The summed E-state index contributed by atoms with van der Waals surface area (Å²) >= 11 is 0. The van der Waals surface area contributed by atoms with Gasteiger partial charge in [-0.1, -0.05) is 38.0 Å². The molecule has 0 bridgehead atoms. The van der Waals surface area contributed by atoms with Gasteiger partial charge in [0.1, 0.15) is 11.6 Å². The van der Waals surface area contributed by atoms with E-state index in [0.717, 1.165) is 35.9 Å². The van der Waals surface area contributed by atoms with Gasteiger partial charge < -0.3 is 14.8 Å². The Labute approximate surface area is 176 Å². The van der Waals surface area contributed by atoms with Gasteiger partial charge in [-0.3, -0.25) is 9.59 Å². The van der Waals surface area contributed by atoms with Gasteiger partial charge in [0, 0.05) is 30.9 Å². The zero-order valence-electron chi connectivity index (χ0n) is 17.9. The number of amides is 1. The molecule has 4 rings (SSSR count). The minimum Gasteiger partial charge on any atom is -0.353 e. The van der Waals surface area contributed by atoms with Gasteiger partial charge in [0.15, 0.2) is 0 Å². The van der Waals surface area contributed by atoms with Crippen molar-refractivity contribution in [2.75, 3.05) is 26.2 Å². The largest absolute Gasteiger partial charge is 0.353 e. The predicted molar refractivity (Wildman–Crippen MR) is 120 cm³/mol. The molecule has 7 nitrogen and oxygen atoms in total. The second-order valence-corrected chi connectivity index (χ2v) is 8.19. The number of nitrogens with zero attached hydrogens (tertiary/aromatic N) is 4. The Hall–Kier alpha value is -2.67. The molecule has 1 saturated heterocycles. The number of aromatic nitrogens is 3. The third-order valence-corrected chi connectivity index (χ3v) is 6.23. The number of rotatable bonds is 6. The van der Waals surface area contributed by atoms with Gasteiger partial charge in [-0.25, -0.2) is 4.68 Å². The molecule has 1 amide bonds. The van der Waals surface area contributed by atoms with Crippen LogP contribution in [0.1, 0.15) is 45.1 Å². The summed E-state index contributed by atoms with van der Waals surface area (Å²) in [5.41, 5.74) is 1.26. The number of benzene rings is 1. The smallest absolute Gasteiger partial charge is 0.291 e. The monoisotopic (exact) mass is 409 g/mol. The van der Waals surface area contributed by atoms with Crippen molar-refractivity contribution in [1.82, 2.24) is 24.6 Å². The molecule has 3 aromatic rings. The summed E-state index contributed by atoms with van der Waals surface area (Å²) in [7, 11) is 1.64. The second-order valence-electron chi connectivity index (χ2n) is 8.19. The Morgan fingerprint density at radius 2 is 1.87 bits per heavy atom. The van der Waals surface area contributed by atoms with E-state index >= 15 is 0 Å². The number of carbonyl (C=O) groups excluding carboxylic acids is 1. The van der Waals surface area contributed by atoms with Gasteiger partial charge in [0.25, 0.3) is 5.56 Å². The van der Waals surface area contributed by atoms with Gasteiger partial charge in [-0.05, 0) is 38.4 Å². The van der Waals surface area contributed by atoms with Gasteiger partial charge in [-0.15, -0.1) is 0 Å². The first kappa shape index (κ1) is 20.6. The van der Waals surface area contributed by atoms with Crippen molar-refractivity contribution >= 4 is 27.7 Å². The highest BCUT2D eigenvalue weighted by Crippen LogP contribution is 2.30. The average molecular weight is 410 g/mol. The minimum atomic E-state index is -0.438. The predicted octanol–water partition coefficient (Wildman–Crippen LogP) is 2.83. The topological polar surface area (TPSA) is 72.2 Å². The van der Waals surface area contributed by atoms with Crippen molar-refractivity contribution in [2.45, 2.75) is 45.1 Å². The van der Waals surface area contributed by atoms with E-state index in [2.05, 4.69) is 15.3 Å². The van der Waals surface area contributed by atoms with Gasteiger partial charge in [-0.2, -0.15) is 5.10 Å². The molecular weight excluding hydrogens is 378 g/mol. The maximum atomic E-state index is 13.2. The molecule has 160 valence electrons. The molecule has 1 aromatic carbocycles. The number of nitrogens with one attached hydrogen (secondary N) is 1. The minimum absolute atomic E-state index is 0.0335. The molecule has 1 fully saturated rings. The molecule has 1 N–H and O–H groups in total. The fraction of sp³-hybridized carbons (Fsp3) is 0.522. The summed E-state index contributed by atoms with van der Waals surface area (Å²) in [5.74, 6) is -0.0335. The molecule has 0 unspecified atom stereocenters. The standard InChI is InChI=1S/C23H31N5O2/c1-3-19(22(29)24-12-15-27-13-8-4-5-9-14-27)28-20-11-7-6-10-17(20)18-16-25-26(2)23(30)21(18)28/h6-7,10-11,16,19H,3-5,8-9,12-15H2,1-2H3,(H,24,29)/t19-/m1/s1. The van der Waals surface area contributed by atoms with Crippen LogP contribution in [0, 0.1) is 0 Å². The fourth-order valence-corrected chi connectivity index (χ4v) is 4.61. The Balaban J connectivity index is 1.62. The number of hydrogen-bond acceptors (Lipinski definition) is 4. The highest BCUT2D eigenvalue weighted by Gasteiger charge is 2.25. The third-order valence-electron chi connectivity index (χ3n) is 6.23. The summed E-state index contributed by atoms with van der Waals surface area (Å²) in [6, 6.07) is 7.42. The van der Waals surface area contributed by atoms with Gasteiger partial charge >= 0.3 is 0 Å². The molecule has 7 heteroatoms. The lowest BCUT2D eigenvalue weighted by molar-refractivity contribution is -0.124. The SMILES string of the molecule is CC[C@H](C(=O)NCCN1CCCCCC1)n1c2ccccc2c2cnn(C)c(=O)c21. The lowest BCUT2D eigenvalue weighted by atomic mass is 10.2. The van der Waals surface area contributed by atoms with Crippen LogP contribution >= 0.6 is 0 Å². The summed E-state index contributed by atoms with van der Waals surface area (Å²) in [5, 5.41) is 9.07. The highest BCUT2D eigenvalue weighted by molar-refractivity contribution is 6.08. The van der Waals surface area contributed by atoms with Crippen LogP contribution in [0.5, 0.6) is 0 Å². The van der Waals surface area contributed by atoms with Crippen LogP contribution in [-0.2, 0) is 11.8 Å². The lowest BCUT2D eigenvalue weighted by Gasteiger charge is -2.22. The molecule has 3 heterocycles. The van der Waals surface area contributed by atoms with E-state index in [0.29, 0.717) is 18.5 Å². The van der Waals surface area contributed by atoms with Crippen LogP contribution in [0.15, 0.2) is 35.3 Å². The summed E-state index contributed by atoms with van der Waals surface area (Å²) < 4.78 is 3.25. The van der Waals surface area contributed by atoms with Crippen LogP contribution in [0.25, 0.3) is 21.8 Å². The van der Waals surface area contributed by atoms with E-state index in [1.807, 2.05) is 35.8 Å². The van der Waals surface area contributed by atoms with E-state index in [1.165, 1.54) is 30.4 Å². The van der Waals surface area contributed by atoms with Crippen LogP contribution in [0.4, 0.5) is 0 Å². The Morgan fingerprint density at radius 3 is 2.60 bits per heavy atom. The zero-order chi connectivity index (χ0) is 21.1. The quantitative estimate of drug-likeness (QED) is 0.680. The maximum Gasteiger partial charge on any atom is 0.291 e. The molecule has 0 aliphatic carbocycles. The molecule has 30 heavy (non-hydrogen) atoms. The molecule has 2 aromatic heterocycles. The van der Waals surface area contributed by atoms with Crippen LogP contribution in [-0.4, -0.2) is 51.3 Å². The van der Waals surface area contributed by atoms with E-state index in [4.69, 9.17) is 0 Å². The Bertz CT molecular complexity index is 1090. The molecule has 1 aliphatic rings. The maximum absolute atomic E-state index is 13.2. The number of aryl methyl sites for hydroxylation is 1. The Morgan fingerprint density at radius 1 is 1.13 bits per heavy atom. The van der Waals surface area contributed by atoms with E-state index in [9.17, 15) is 9.59 Å². The number of fused-ring (bicyclic) bond motifs is 3. The number of carbonyl (C=O) groups is 1. The van der Waals surface area contributed by atoms with Crippen molar-refractivity contribution in [1.29, 1.82) is 0 Å². The van der Waals surface area contributed by atoms with Crippen LogP contribution < -0.4 is 10.9 Å². The van der Waals surface area contributed by atoms with Crippen molar-refractivity contribution in [3.05, 3.63) is 40.8 Å². The van der Waals surface area contributed by atoms with Crippen LogP contribution in [0.3, 0.4) is 0 Å². The first-order valence-electron chi connectivity index (χ1n) is 11.1. The fourth-order valence-electron chi connectivity index (χ4n) is 4.61. The summed E-state index contributed by atoms with van der Waals surface area (Å²) in [6.45, 7) is 5.73.